The molecule has 0 aliphatic heterocycles. The number of carbonyl (C=O) groups is 1. The van der Waals surface area contributed by atoms with Crippen LogP contribution in [0, 0.1) is 13.8 Å². The normalized spacial score (nSPS) is 10.9. The van der Waals surface area contributed by atoms with Crippen LogP contribution < -0.4 is 0 Å². The number of rotatable bonds is 3. The molecule has 0 aliphatic rings. The molecule has 3 heteroatoms. The monoisotopic (exact) mass is 265 g/mol. The third-order valence-corrected chi connectivity index (χ3v) is 3.34. The summed E-state index contributed by atoms with van der Waals surface area (Å²) in [4.78, 5) is 16.8. The lowest BCUT2D eigenvalue weighted by Crippen LogP contribution is -2.05. The Labute approximate surface area is 117 Å². The van der Waals surface area contributed by atoms with E-state index >= 15 is 0 Å². The molecule has 100 valence electrons. The van der Waals surface area contributed by atoms with Crippen molar-refractivity contribution in [2.45, 2.75) is 20.3 Å². The second kappa shape index (κ2) is 4.93. The molecule has 0 unspecified atom stereocenters. The number of aryl methyl sites for hydroxylation is 2. The zero-order chi connectivity index (χ0) is 14.1. The summed E-state index contributed by atoms with van der Waals surface area (Å²) in [5.41, 5.74) is 2.35. The van der Waals surface area contributed by atoms with Crippen LogP contribution in [-0.4, -0.2) is 10.8 Å². The summed E-state index contributed by atoms with van der Waals surface area (Å²) in [6.45, 7) is 3.66. The van der Waals surface area contributed by atoms with Crippen molar-refractivity contribution in [1.82, 2.24) is 4.98 Å². The van der Waals surface area contributed by atoms with Gasteiger partial charge in [-0.05, 0) is 32.0 Å². The van der Waals surface area contributed by atoms with Gasteiger partial charge in [-0.1, -0.05) is 24.3 Å². The molecule has 3 nitrogen and oxygen atoms in total. The van der Waals surface area contributed by atoms with Crippen molar-refractivity contribution >= 4 is 16.7 Å². The van der Waals surface area contributed by atoms with Gasteiger partial charge in [-0.15, -0.1) is 0 Å². The van der Waals surface area contributed by atoms with E-state index in [0.29, 0.717) is 17.7 Å². The average molecular weight is 265 g/mol. The highest BCUT2D eigenvalue weighted by Gasteiger charge is 2.14. The smallest absolute Gasteiger partial charge is 0.172 e. The Morgan fingerprint density at radius 1 is 1.15 bits per heavy atom. The van der Waals surface area contributed by atoms with Crippen LogP contribution in [0.5, 0.6) is 0 Å². The zero-order valence-electron chi connectivity index (χ0n) is 11.5. The van der Waals surface area contributed by atoms with Crippen LogP contribution in [0.2, 0.25) is 0 Å². The van der Waals surface area contributed by atoms with Crippen molar-refractivity contribution in [3.8, 4) is 0 Å². The van der Waals surface area contributed by atoms with E-state index in [1.54, 1.807) is 6.07 Å². The Bertz CT molecular complexity index is 787. The molecular formula is C17H15NO2. The Hall–Kier alpha value is -2.42. The second-order valence-corrected chi connectivity index (χ2v) is 4.92. The zero-order valence-corrected chi connectivity index (χ0v) is 11.5. The molecule has 3 rings (SSSR count). The first-order chi connectivity index (χ1) is 9.63. The maximum absolute atomic E-state index is 12.3. The summed E-state index contributed by atoms with van der Waals surface area (Å²) in [5.74, 6) is 1.48. The van der Waals surface area contributed by atoms with Gasteiger partial charge in [-0.2, -0.15) is 0 Å². The molecule has 0 saturated heterocycles. The third kappa shape index (κ3) is 2.35. The number of fused-ring (bicyclic) bond motifs is 1. The van der Waals surface area contributed by atoms with E-state index < -0.39 is 0 Å². The lowest BCUT2D eigenvalue weighted by atomic mass is 10.1. The number of pyridine rings is 1. The molecule has 0 spiro atoms. The molecule has 20 heavy (non-hydrogen) atoms. The Kier molecular flexibility index (Phi) is 3.11. The van der Waals surface area contributed by atoms with E-state index in [-0.39, 0.29) is 5.78 Å². The number of benzene rings is 1. The van der Waals surface area contributed by atoms with Crippen LogP contribution in [0.1, 0.15) is 27.6 Å². The first kappa shape index (κ1) is 12.6. The number of hydrogen-bond acceptors (Lipinski definition) is 3. The lowest BCUT2D eigenvalue weighted by molar-refractivity contribution is 0.0990. The number of carbonyl (C=O) groups excluding carboxylic acids is 1. The SMILES string of the molecule is Cc1cc(C(=O)Cc2ccc3ccccc3n2)c(C)o1. The predicted octanol–water partition coefficient (Wildman–Crippen LogP) is 3.87. The van der Waals surface area contributed by atoms with E-state index in [9.17, 15) is 4.79 Å². The van der Waals surface area contributed by atoms with E-state index in [1.807, 2.05) is 50.2 Å². The van der Waals surface area contributed by atoms with E-state index in [0.717, 1.165) is 22.4 Å². The Morgan fingerprint density at radius 2 is 1.95 bits per heavy atom. The van der Waals surface area contributed by atoms with Crippen molar-refractivity contribution in [3.05, 3.63) is 65.2 Å². The molecule has 3 aromatic rings. The van der Waals surface area contributed by atoms with Gasteiger partial charge in [0.05, 0.1) is 17.5 Å². The molecule has 0 bridgehead atoms. The van der Waals surface area contributed by atoms with Gasteiger partial charge >= 0.3 is 0 Å². The summed E-state index contributed by atoms with van der Waals surface area (Å²) in [6.07, 6.45) is 0.296. The van der Waals surface area contributed by atoms with Crippen LogP contribution in [0.4, 0.5) is 0 Å². The van der Waals surface area contributed by atoms with Crippen molar-refractivity contribution < 1.29 is 9.21 Å². The largest absolute Gasteiger partial charge is 0.466 e. The van der Waals surface area contributed by atoms with E-state index in [2.05, 4.69) is 4.98 Å². The minimum Gasteiger partial charge on any atom is -0.466 e. The average Bonchev–Trinajstić information content (AvgIpc) is 2.78. The van der Waals surface area contributed by atoms with Gasteiger partial charge < -0.3 is 4.42 Å². The molecule has 0 saturated carbocycles. The lowest BCUT2D eigenvalue weighted by Gasteiger charge is -2.02. The summed E-state index contributed by atoms with van der Waals surface area (Å²) in [5, 5.41) is 1.08. The van der Waals surface area contributed by atoms with Gasteiger partial charge in [0.1, 0.15) is 11.5 Å². The van der Waals surface area contributed by atoms with Crippen LogP contribution in [0.25, 0.3) is 10.9 Å². The van der Waals surface area contributed by atoms with Crippen LogP contribution >= 0.6 is 0 Å². The topological polar surface area (TPSA) is 43.1 Å². The second-order valence-electron chi connectivity index (χ2n) is 4.92. The molecule has 0 atom stereocenters. The number of ketones is 1. The van der Waals surface area contributed by atoms with Crippen molar-refractivity contribution in [2.75, 3.05) is 0 Å². The molecule has 0 fully saturated rings. The molecular weight excluding hydrogens is 250 g/mol. The molecule has 0 amide bonds. The fourth-order valence-electron chi connectivity index (χ4n) is 2.37. The van der Waals surface area contributed by atoms with Crippen molar-refractivity contribution in [1.29, 1.82) is 0 Å². The quantitative estimate of drug-likeness (QED) is 0.675. The predicted molar refractivity (Wildman–Crippen MR) is 78.0 cm³/mol. The first-order valence-corrected chi connectivity index (χ1v) is 6.58. The molecule has 1 aromatic carbocycles. The third-order valence-electron chi connectivity index (χ3n) is 3.34. The maximum Gasteiger partial charge on any atom is 0.172 e. The van der Waals surface area contributed by atoms with Crippen molar-refractivity contribution in [2.24, 2.45) is 0 Å². The van der Waals surface area contributed by atoms with Gasteiger partial charge in [0, 0.05) is 11.1 Å². The van der Waals surface area contributed by atoms with Crippen LogP contribution in [-0.2, 0) is 6.42 Å². The first-order valence-electron chi connectivity index (χ1n) is 6.58. The fraction of sp³-hybridized carbons (Fsp3) is 0.176. The highest BCUT2D eigenvalue weighted by Crippen LogP contribution is 2.17. The van der Waals surface area contributed by atoms with Gasteiger partial charge in [0.15, 0.2) is 5.78 Å². The summed E-state index contributed by atoms with van der Waals surface area (Å²) >= 11 is 0. The minimum absolute atomic E-state index is 0.0436. The molecule has 0 radical (unpaired) electrons. The van der Waals surface area contributed by atoms with Crippen molar-refractivity contribution in [3.63, 3.8) is 0 Å². The van der Waals surface area contributed by atoms with Gasteiger partial charge in [0.2, 0.25) is 0 Å². The minimum atomic E-state index is 0.0436. The highest BCUT2D eigenvalue weighted by atomic mass is 16.3. The molecule has 0 N–H and O–H groups in total. The molecule has 0 aliphatic carbocycles. The van der Waals surface area contributed by atoms with Gasteiger partial charge in [-0.25, -0.2) is 0 Å². The molecule has 2 aromatic heterocycles. The number of nitrogens with zero attached hydrogens (tertiary/aromatic N) is 1. The fourth-order valence-corrected chi connectivity index (χ4v) is 2.37. The van der Waals surface area contributed by atoms with E-state index in [4.69, 9.17) is 4.42 Å². The Morgan fingerprint density at radius 3 is 2.70 bits per heavy atom. The standard InChI is InChI=1S/C17H15NO2/c1-11-9-15(12(2)20-11)17(19)10-14-8-7-13-5-3-4-6-16(13)18-14/h3-9H,10H2,1-2H3. The van der Waals surface area contributed by atoms with Gasteiger partial charge in [-0.3, -0.25) is 9.78 Å². The number of hydrogen-bond donors (Lipinski definition) is 0. The maximum atomic E-state index is 12.3. The van der Waals surface area contributed by atoms with Crippen LogP contribution in [0.15, 0.2) is 46.9 Å². The number of para-hydroxylation sites is 1. The van der Waals surface area contributed by atoms with Crippen LogP contribution in [0.3, 0.4) is 0 Å². The summed E-state index contributed by atoms with van der Waals surface area (Å²) < 4.78 is 5.40. The summed E-state index contributed by atoms with van der Waals surface area (Å²) in [6, 6.07) is 13.6. The van der Waals surface area contributed by atoms with E-state index in [1.165, 1.54) is 0 Å². The Balaban J connectivity index is 1.89. The number of aromatic nitrogens is 1. The number of furan rings is 1. The molecule has 2 heterocycles. The van der Waals surface area contributed by atoms with Gasteiger partial charge in [0.25, 0.3) is 0 Å². The number of Topliss-reactive ketones (excluding diaryl/α,β-unsaturated/α-hetero) is 1. The summed E-state index contributed by atoms with van der Waals surface area (Å²) in [7, 11) is 0. The highest BCUT2D eigenvalue weighted by molar-refractivity contribution is 5.98.